The van der Waals surface area contributed by atoms with Gasteiger partial charge in [0.15, 0.2) is 5.17 Å². The summed E-state index contributed by atoms with van der Waals surface area (Å²) in [5, 5.41) is 3.09. The number of anilines is 1. The molecule has 0 unspecified atom stereocenters. The van der Waals surface area contributed by atoms with Crippen molar-refractivity contribution in [1.82, 2.24) is 4.90 Å². The van der Waals surface area contributed by atoms with Crippen molar-refractivity contribution < 1.29 is 9.59 Å². The molecule has 0 spiro atoms. The van der Waals surface area contributed by atoms with Gasteiger partial charge in [-0.1, -0.05) is 42.1 Å². The molecule has 2 aromatic carbocycles. The Kier molecular flexibility index (Phi) is 5.65. The van der Waals surface area contributed by atoms with E-state index in [2.05, 4.69) is 10.3 Å². The predicted molar refractivity (Wildman–Crippen MR) is 112 cm³/mol. The molecule has 1 aliphatic heterocycles. The van der Waals surface area contributed by atoms with Crippen LogP contribution in [0.1, 0.15) is 23.1 Å². The number of aryl methyl sites for hydroxylation is 3. The maximum absolute atomic E-state index is 12.5. The second kappa shape index (κ2) is 7.96. The van der Waals surface area contributed by atoms with E-state index in [4.69, 9.17) is 0 Å². The number of hydrogen-bond acceptors (Lipinski definition) is 4. The molecule has 5 nitrogen and oxygen atoms in total. The molecule has 1 fully saturated rings. The van der Waals surface area contributed by atoms with E-state index >= 15 is 0 Å². The van der Waals surface area contributed by atoms with Gasteiger partial charge in [0, 0.05) is 19.2 Å². The van der Waals surface area contributed by atoms with E-state index in [0.29, 0.717) is 5.17 Å². The first kappa shape index (κ1) is 19.2. The maximum Gasteiger partial charge on any atom is 0.242 e. The number of amidine groups is 1. The lowest BCUT2D eigenvalue weighted by molar-refractivity contribution is -0.127. The summed E-state index contributed by atoms with van der Waals surface area (Å²) in [5.74, 6) is -0.261. The third-order valence-electron chi connectivity index (χ3n) is 4.51. The lowest BCUT2D eigenvalue weighted by Gasteiger charge is -2.11. The van der Waals surface area contributed by atoms with Crippen molar-refractivity contribution in [3.05, 3.63) is 59.2 Å². The zero-order chi connectivity index (χ0) is 19.6. The smallest absolute Gasteiger partial charge is 0.242 e. The fraction of sp³-hybridized carbons (Fsp3) is 0.286. The van der Waals surface area contributed by atoms with Crippen LogP contribution in [0.2, 0.25) is 0 Å². The zero-order valence-electron chi connectivity index (χ0n) is 15.9. The third-order valence-corrected chi connectivity index (χ3v) is 5.74. The second-order valence-electron chi connectivity index (χ2n) is 6.76. The van der Waals surface area contributed by atoms with Gasteiger partial charge >= 0.3 is 0 Å². The Morgan fingerprint density at radius 2 is 1.89 bits per heavy atom. The highest BCUT2D eigenvalue weighted by atomic mass is 32.2. The molecule has 0 bridgehead atoms. The van der Waals surface area contributed by atoms with Crippen LogP contribution in [0, 0.1) is 20.8 Å². The van der Waals surface area contributed by atoms with Gasteiger partial charge in [-0.25, -0.2) is 4.99 Å². The SMILES string of the molecule is Cc1ccc(C)c(NC(=O)C[C@@H]2SC(=Nc3ccccc3C)N(C)C2=O)c1. The molecule has 1 saturated heterocycles. The molecule has 1 heterocycles. The molecule has 2 amide bonds. The molecule has 27 heavy (non-hydrogen) atoms. The van der Waals surface area contributed by atoms with Gasteiger partial charge in [-0.15, -0.1) is 0 Å². The summed E-state index contributed by atoms with van der Waals surface area (Å²) in [6.07, 6.45) is 0.119. The summed E-state index contributed by atoms with van der Waals surface area (Å²) in [5.41, 5.74) is 4.74. The van der Waals surface area contributed by atoms with Gasteiger partial charge in [0.05, 0.1) is 5.69 Å². The van der Waals surface area contributed by atoms with Crippen molar-refractivity contribution in [3.63, 3.8) is 0 Å². The molecule has 0 aliphatic carbocycles. The Hall–Kier alpha value is -2.60. The first-order valence-electron chi connectivity index (χ1n) is 8.81. The fourth-order valence-corrected chi connectivity index (χ4v) is 3.98. The Labute approximate surface area is 163 Å². The van der Waals surface area contributed by atoms with Gasteiger partial charge in [-0.05, 0) is 49.6 Å². The number of rotatable bonds is 4. The normalized spacial score (nSPS) is 18.2. The highest BCUT2D eigenvalue weighted by molar-refractivity contribution is 8.15. The number of nitrogens with one attached hydrogen (secondary N) is 1. The minimum absolute atomic E-state index is 0.0940. The van der Waals surface area contributed by atoms with Crippen molar-refractivity contribution in [1.29, 1.82) is 0 Å². The van der Waals surface area contributed by atoms with Crippen LogP contribution in [0.5, 0.6) is 0 Å². The minimum Gasteiger partial charge on any atom is -0.326 e. The van der Waals surface area contributed by atoms with Crippen LogP contribution >= 0.6 is 11.8 Å². The van der Waals surface area contributed by atoms with Crippen molar-refractivity contribution in [2.45, 2.75) is 32.4 Å². The van der Waals surface area contributed by atoms with E-state index in [1.807, 2.05) is 63.2 Å². The maximum atomic E-state index is 12.5. The monoisotopic (exact) mass is 381 g/mol. The average molecular weight is 382 g/mol. The number of hydrogen-bond donors (Lipinski definition) is 1. The Balaban J connectivity index is 1.71. The first-order valence-corrected chi connectivity index (χ1v) is 9.69. The van der Waals surface area contributed by atoms with Crippen LogP contribution in [-0.4, -0.2) is 34.2 Å². The molecule has 0 aromatic heterocycles. The summed E-state index contributed by atoms with van der Waals surface area (Å²) in [6.45, 7) is 5.91. The Morgan fingerprint density at radius 1 is 1.15 bits per heavy atom. The van der Waals surface area contributed by atoms with E-state index in [9.17, 15) is 9.59 Å². The molecule has 3 rings (SSSR count). The van der Waals surface area contributed by atoms with Crippen LogP contribution < -0.4 is 5.32 Å². The Bertz CT molecular complexity index is 923. The molecule has 6 heteroatoms. The van der Waals surface area contributed by atoms with Crippen molar-refractivity contribution in [2.75, 3.05) is 12.4 Å². The summed E-state index contributed by atoms with van der Waals surface area (Å²) >= 11 is 1.34. The largest absolute Gasteiger partial charge is 0.326 e. The highest BCUT2D eigenvalue weighted by Crippen LogP contribution is 2.31. The molecular weight excluding hydrogens is 358 g/mol. The third kappa shape index (κ3) is 4.39. The number of para-hydroxylation sites is 1. The zero-order valence-corrected chi connectivity index (χ0v) is 16.8. The van der Waals surface area contributed by atoms with E-state index in [1.165, 1.54) is 16.7 Å². The lowest BCUT2D eigenvalue weighted by Crippen LogP contribution is -2.30. The molecule has 0 radical (unpaired) electrons. The summed E-state index contributed by atoms with van der Waals surface area (Å²) in [6, 6.07) is 13.7. The number of carbonyl (C=O) groups is 2. The van der Waals surface area contributed by atoms with Gasteiger partial charge in [0.1, 0.15) is 5.25 Å². The number of carbonyl (C=O) groups excluding carboxylic acids is 2. The van der Waals surface area contributed by atoms with E-state index in [0.717, 1.165) is 28.1 Å². The lowest BCUT2D eigenvalue weighted by atomic mass is 10.1. The number of amides is 2. The van der Waals surface area contributed by atoms with E-state index in [1.54, 1.807) is 7.05 Å². The van der Waals surface area contributed by atoms with Crippen LogP contribution in [0.25, 0.3) is 0 Å². The van der Waals surface area contributed by atoms with Gasteiger partial charge in [0.25, 0.3) is 0 Å². The standard InChI is InChI=1S/C21H23N3O2S/c1-13-9-10-15(3)17(11-13)22-19(25)12-18-20(26)24(4)21(27-18)23-16-8-6-5-7-14(16)2/h5-11,18H,12H2,1-4H3,(H,22,25)/t18-/m0/s1. The minimum atomic E-state index is -0.456. The van der Waals surface area contributed by atoms with Gasteiger partial charge in [0.2, 0.25) is 11.8 Å². The molecule has 140 valence electrons. The number of aliphatic imine (C=N–C) groups is 1. The summed E-state index contributed by atoms with van der Waals surface area (Å²) < 4.78 is 0. The second-order valence-corrected chi connectivity index (χ2v) is 7.93. The fourth-order valence-electron chi connectivity index (χ4n) is 2.83. The first-order chi connectivity index (χ1) is 12.8. The number of benzene rings is 2. The molecule has 1 N–H and O–H groups in total. The van der Waals surface area contributed by atoms with Crippen molar-refractivity contribution in [3.8, 4) is 0 Å². The van der Waals surface area contributed by atoms with Gasteiger partial charge < -0.3 is 5.32 Å². The summed E-state index contributed by atoms with van der Waals surface area (Å²) in [7, 11) is 1.70. The molecule has 0 saturated carbocycles. The summed E-state index contributed by atoms with van der Waals surface area (Å²) in [4.78, 5) is 31.2. The van der Waals surface area contributed by atoms with E-state index < -0.39 is 5.25 Å². The molecule has 1 atom stereocenters. The topological polar surface area (TPSA) is 61.8 Å². The highest BCUT2D eigenvalue weighted by Gasteiger charge is 2.37. The molecule has 2 aromatic rings. The van der Waals surface area contributed by atoms with Crippen LogP contribution in [0.3, 0.4) is 0 Å². The van der Waals surface area contributed by atoms with Crippen LogP contribution in [-0.2, 0) is 9.59 Å². The molecular formula is C21H23N3O2S. The average Bonchev–Trinajstić information content (AvgIpc) is 2.88. The van der Waals surface area contributed by atoms with Gasteiger partial charge in [-0.2, -0.15) is 0 Å². The van der Waals surface area contributed by atoms with Gasteiger partial charge in [-0.3, -0.25) is 14.5 Å². The number of nitrogens with zero attached hydrogens (tertiary/aromatic N) is 2. The van der Waals surface area contributed by atoms with Crippen molar-refractivity contribution in [2.24, 2.45) is 4.99 Å². The van der Waals surface area contributed by atoms with Crippen LogP contribution in [0.15, 0.2) is 47.5 Å². The number of thioether (sulfide) groups is 1. The van der Waals surface area contributed by atoms with Crippen molar-refractivity contribution >= 4 is 40.1 Å². The Morgan fingerprint density at radius 3 is 2.63 bits per heavy atom. The van der Waals surface area contributed by atoms with E-state index in [-0.39, 0.29) is 18.2 Å². The quantitative estimate of drug-likeness (QED) is 0.863. The van der Waals surface area contributed by atoms with Crippen LogP contribution in [0.4, 0.5) is 11.4 Å². The predicted octanol–water partition coefficient (Wildman–Crippen LogP) is 4.20. The molecule has 1 aliphatic rings.